The average molecular weight is 274 g/mol. The molecule has 9 heteroatoms. The van der Waals surface area contributed by atoms with Crippen LogP contribution in [-0.4, -0.2) is 18.5 Å². The van der Waals surface area contributed by atoms with Crippen LogP contribution in [0.1, 0.15) is 13.8 Å². The number of hydrogen-bond acceptors (Lipinski definition) is 0. The van der Waals surface area contributed by atoms with E-state index in [0.29, 0.717) is 6.92 Å². The maximum atomic E-state index is 12.4. The van der Waals surface area contributed by atoms with E-state index in [-0.39, 0.29) is 6.92 Å². The lowest BCUT2D eigenvalue weighted by Crippen LogP contribution is -2.46. The molecule has 0 spiro atoms. The van der Waals surface area contributed by atoms with E-state index in [2.05, 4.69) is 0 Å². The molecule has 1 fully saturated rings. The smallest absolute Gasteiger partial charge is 0.170 e. The summed E-state index contributed by atoms with van der Waals surface area (Å²) in [5.41, 5.74) is -8.53. The maximum Gasteiger partial charge on any atom is 0.404 e. The molecule has 0 aromatic heterocycles. The SMILES string of the molecule is C[C@H]1C(C)(C(F)(F)F)C1(C(F)(F)F)C(F)(F)F. The molecular weight excluding hydrogens is 267 g/mol. The fourth-order valence-corrected chi connectivity index (χ4v) is 2.55. The molecule has 0 amide bonds. The van der Waals surface area contributed by atoms with Crippen LogP contribution in [0.4, 0.5) is 39.5 Å². The summed E-state index contributed by atoms with van der Waals surface area (Å²) in [7, 11) is 0. The average Bonchev–Trinajstić information content (AvgIpc) is 2.47. The van der Waals surface area contributed by atoms with Crippen LogP contribution in [0.15, 0.2) is 0 Å². The summed E-state index contributed by atoms with van der Waals surface area (Å²) in [6.45, 7) is 0.271. The van der Waals surface area contributed by atoms with Gasteiger partial charge < -0.3 is 0 Å². The zero-order valence-electron chi connectivity index (χ0n) is 8.48. The largest absolute Gasteiger partial charge is 0.404 e. The summed E-state index contributed by atoms with van der Waals surface area (Å²) in [6.07, 6.45) is -17.6. The van der Waals surface area contributed by atoms with Crippen molar-refractivity contribution in [2.75, 3.05) is 0 Å². The molecule has 0 aromatic rings. The van der Waals surface area contributed by atoms with Crippen molar-refractivity contribution < 1.29 is 39.5 Å². The Hall–Kier alpha value is -0.630. The van der Waals surface area contributed by atoms with Crippen molar-refractivity contribution in [2.24, 2.45) is 16.7 Å². The Balaban J connectivity index is 3.45. The molecule has 0 aliphatic heterocycles. The van der Waals surface area contributed by atoms with Gasteiger partial charge in [0.15, 0.2) is 5.41 Å². The van der Waals surface area contributed by atoms with Crippen LogP contribution in [0.25, 0.3) is 0 Å². The summed E-state index contributed by atoms with van der Waals surface area (Å²) < 4.78 is 112. The van der Waals surface area contributed by atoms with E-state index in [1.54, 1.807) is 0 Å². The Bertz CT molecular complexity index is 305. The Labute approximate surface area is 89.8 Å². The Kier molecular flexibility index (Phi) is 2.57. The highest BCUT2D eigenvalue weighted by molar-refractivity contribution is 5.27. The van der Waals surface area contributed by atoms with E-state index < -0.39 is 35.3 Å². The van der Waals surface area contributed by atoms with Crippen molar-refractivity contribution in [3.05, 3.63) is 0 Å². The number of rotatable bonds is 0. The van der Waals surface area contributed by atoms with E-state index in [9.17, 15) is 39.5 Å². The van der Waals surface area contributed by atoms with E-state index in [1.807, 2.05) is 0 Å². The van der Waals surface area contributed by atoms with Gasteiger partial charge in [0.1, 0.15) is 0 Å². The van der Waals surface area contributed by atoms with Crippen molar-refractivity contribution in [1.29, 1.82) is 0 Å². The third-order valence-corrected chi connectivity index (χ3v) is 3.73. The van der Waals surface area contributed by atoms with Crippen molar-refractivity contribution in [3.8, 4) is 0 Å². The molecule has 1 saturated carbocycles. The molecule has 1 unspecified atom stereocenters. The predicted octanol–water partition coefficient (Wildman–Crippen LogP) is 4.32. The molecule has 0 bridgehead atoms. The molecule has 17 heavy (non-hydrogen) atoms. The standard InChI is InChI=1S/C8H7F9/c1-3-4(2,6(9,10)11)5(3,7(12,13)14)8(15,16)17/h3H,1-2H3/t3-,4?/m0/s1. The first-order chi connectivity index (χ1) is 7.15. The minimum absolute atomic E-state index is 0.0430. The normalized spacial score (nSPS) is 33.7. The highest BCUT2D eigenvalue weighted by Gasteiger charge is 2.99. The van der Waals surface area contributed by atoms with Crippen molar-refractivity contribution >= 4 is 0 Å². The van der Waals surface area contributed by atoms with Crippen LogP contribution in [0.5, 0.6) is 0 Å². The molecule has 1 aliphatic rings. The lowest BCUT2D eigenvalue weighted by molar-refractivity contribution is -0.336. The molecule has 1 aliphatic carbocycles. The number of hydrogen-bond donors (Lipinski definition) is 0. The summed E-state index contributed by atoms with van der Waals surface area (Å²) in [5.74, 6) is -2.59. The Morgan fingerprint density at radius 2 is 1.00 bits per heavy atom. The fourth-order valence-electron chi connectivity index (χ4n) is 2.55. The molecule has 0 nitrogen and oxygen atoms in total. The Morgan fingerprint density at radius 3 is 1.06 bits per heavy atom. The second-order valence-electron chi connectivity index (χ2n) is 4.23. The molecule has 0 N–H and O–H groups in total. The minimum Gasteiger partial charge on any atom is -0.170 e. The van der Waals surface area contributed by atoms with Gasteiger partial charge in [0.05, 0.1) is 5.41 Å². The van der Waals surface area contributed by atoms with Crippen LogP contribution in [0.3, 0.4) is 0 Å². The summed E-state index contributed by atoms with van der Waals surface area (Å²) in [6, 6.07) is 0. The highest BCUT2D eigenvalue weighted by atomic mass is 19.4. The zero-order chi connectivity index (χ0) is 14.1. The van der Waals surface area contributed by atoms with Crippen molar-refractivity contribution in [1.82, 2.24) is 0 Å². The second kappa shape index (κ2) is 3.03. The molecule has 1 rings (SSSR count). The highest BCUT2D eigenvalue weighted by Crippen LogP contribution is 2.84. The maximum absolute atomic E-state index is 12.4. The van der Waals surface area contributed by atoms with Gasteiger partial charge in [0.2, 0.25) is 0 Å². The second-order valence-corrected chi connectivity index (χ2v) is 4.23. The molecule has 102 valence electrons. The monoisotopic (exact) mass is 274 g/mol. The van der Waals surface area contributed by atoms with E-state index in [1.165, 1.54) is 0 Å². The van der Waals surface area contributed by atoms with Crippen LogP contribution >= 0.6 is 0 Å². The third kappa shape index (κ3) is 1.33. The lowest BCUT2D eigenvalue weighted by Gasteiger charge is -2.28. The van der Waals surface area contributed by atoms with Crippen molar-refractivity contribution in [3.63, 3.8) is 0 Å². The summed E-state index contributed by atoms with van der Waals surface area (Å²) in [4.78, 5) is 0. The van der Waals surface area contributed by atoms with Crippen LogP contribution in [0, 0.1) is 16.7 Å². The van der Waals surface area contributed by atoms with Gasteiger partial charge in [-0.3, -0.25) is 0 Å². The van der Waals surface area contributed by atoms with Crippen LogP contribution in [0.2, 0.25) is 0 Å². The molecule has 2 atom stereocenters. The number of alkyl halides is 9. The van der Waals surface area contributed by atoms with E-state index >= 15 is 0 Å². The molecule has 0 heterocycles. The van der Waals surface area contributed by atoms with Gasteiger partial charge in [-0.15, -0.1) is 0 Å². The van der Waals surface area contributed by atoms with Gasteiger partial charge in [-0.1, -0.05) is 6.92 Å². The van der Waals surface area contributed by atoms with Gasteiger partial charge in [0.25, 0.3) is 0 Å². The quantitative estimate of drug-likeness (QED) is 0.577. The summed E-state index contributed by atoms with van der Waals surface area (Å²) in [5, 5.41) is 0. The fraction of sp³-hybridized carbons (Fsp3) is 1.00. The van der Waals surface area contributed by atoms with Gasteiger partial charge in [-0.2, -0.15) is 39.5 Å². The molecule has 0 radical (unpaired) electrons. The van der Waals surface area contributed by atoms with Gasteiger partial charge in [-0.05, 0) is 12.8 Å². The number of halogens is 9. The van der Waals surface area contributed by atoms with Gasteiger partial charge in [-0.25, -0.2) is 0 Å². The molecule has 0 aromatic carbocycles. The zero-order valence-corrected chi connectivity index (χ0v) is 8.48. The first kappa shape index (κ1) is 14.4. The topological polar surface area (TPSA) is 0 Å². The third-order valence-electron chi connectivity index (χ3n) is 3.73. The van der Waals surface area contributed by atoms with Crippen molar-refractivity contribution in [2.45, 2.75) is 32.4 Å². The predicted molar refractivity (Wildman–Crippen MR) is 37.9 cm³/mol. The minimum atomic E-state index is -5.99. The summed E-state index contributed by atoms with van der Waals surface area (Å²) >= 11 is 0. The van der Waals surface area contributed by atoms with Crippen LogP contribution < -0.4 is 0 Å². The molecule has 0 saturated heterocycles. The van der Waals surface area contributed by atoms with Gasteiger partial charge >= 0.3 is 18.5 Å². The first-order valence-corrected chi connectivity index (χ1v) is 4.36. The molecular formula is C8H7F9. The van der Waals surface area contributed by atoms with E-state index in [4.69, 9.17) is 0 Å². The van der Waals surface area contributed by atoms with E-state index in [0.717, 1.165) is 0 Å². The Morgan fingerprint density at radius 1 is 0.706 bits per heavy atom. The lowest BCUT2D eigenvalue weighted by atomic mass is 9.92. The first-order valence-electron chi connectivity index (χ1n) is 4.36. The van der Waals surface area contributed by atoms with Gasteiger partial charge in [0, 0.05) is 0 Å². The van der Waals surface area contributed by atoms with Crippen LogP contribution in [-0.2, 0) is 0 Å².